The average Bonchev–Trinajstić information content (AvgIpc) is 3.61. The fraction of sp³-hybridized carbons (Fsp3) is 0.467. The van der Waals surface area contributed by atoms with Crippen molar-refractivity contribution in [3.63, 3.8) is 0 Å². The van der Waals surface area contributed by atoms with E-state index in [1.165, 1.54) is 0 Å². The first-order valence-corrected chi connectivity index (χ1v) is 20.4. The minimum absolute atomic E-state index is 0.219. The minimum Gasteiger partial charge on any atom is -0.494 e. The Morgan fingerprint density at radius 1 is 0.797 bits per heavy atom. The van der Waals surface area contributed by atoms with Crippen LogP contribution in [0.25, 0.3) is 22.3 Å². The van der Waals surface area contributed by atoms with Crippen LogP contribution in [0.3, 0.4) is 0 Å². The SMILES string of the molecule is CCN(CC)CCCOc1ccc(C(=O)c2c(-c3ccc(OCC(=O)NCC(C)(CNC(C)(C)/C(C)=N/O)CNC(C)(C)/C(C)=N/O)cc3)oc3ccc(Cl)cc23)cc1. The van der Waals surface area contributed by atoms with Crippen LogP contribution in [0.4, 0.5) is 0 Å². The minimum atomic E-state index is -0.609. The predicted octanol–water partition coefficient (Wildman–Crippen LogP) is 8.03. The van der Waals surface area contributed by atoms with Crippen molar-refractivity contribution < 1.29 is 33.9 Å². The van der Waals surface area contributed by atoms with Crippen LogP contribution in [-0.4, -0.2) is 102 Å². The Hall–Kier alpha value is -4.95. The van der Waals surface area contributed by atoms with Crippen LogP contribution in [0.1, 0.15) is 84.7 Å². The molecule has 1 amide bonds. The zero-order valence-corrected chi connectivity index (χ0v) is 36.6. The lowest BCUT2D eigenvalue weighted by molar-refractivity contribution is -0.123. The van der Waals surface area contributed by atoms with E-state index in [0.29, 0.717) is 81.1 Å². The summed E-state index contributed by atoms with van der Waals surface area (Å²) in [5, 5.41) is 36.4. The number of fused-ring (bicyclic) bond motifs is 1. The molecule has 0 aliphatic carbocycles. The number of carbonyl (C=O) groups is 2. The molecular weight excluding hydrogens is 772 g/mol. The summed E-state index contributed by atoms with van der Waals surface area (Å²) in [5.74, 6) is 1.00. The summed E-state index contributed by atoms with van der Waals surface area (Å²) in [7, 11) is 0. The zero-order valence-electron chi connectivity index (χ0n) is 35.9. The van der Waals surface area contributed by atoms with Crippen molar-refractivity contribution in [1.82, 2.24) is 20.9 Å². The van der Waals surface area contributed by atoms with Crippen molar-refractivity contribution in [2.75, 3.05) is 52.5 Å². The Kier molecular flexibility index (Phi) is 16.5. The Balaban J connectivity index is 1.44. The zero-order chi connectivity index (χ0) is 43.4. The molecule has 0 atom stereocenters. The molecule has 0 aliphatic rings. The van der Waals surface area contributed by atoms with Gasteiger partial charge in [0, 0.05) is 53.1 Å². The van der Waals surface area contributed by atoms with Gasteiger partial charge < -0.3 is 45.2 Å². The second-order valence-electron chi connectivity index (χ2n) is 16.3. The largest absolute Gasteiger partial charge is 0.494 e. The van der Waals surface area contributed by atoms with Gasteiger partial charge in [-0.25, -0.2) is 0 Å². The quantitative estimate of drug-likeness (QED) is 0.0162. The summed E-state index contributed by atoms with van der Waals surface area (Å²) in [6.45, 7) is 21.9. The maximum absolute atomic E-state index is 14.1. The number of carbonyl (C=O) groups excluding carboxylic acids is 2. The molecule has 3 aromatic carbocycles. The molecule has 4 rings (SSSR count). The lowest BCUT2D eigenvalue weighted by atomic mass is 9.86. The Bertz CT molecular complexity index is 2040. The molecule has 13 nitrogen and oxygen atoms in total. The van der Waals surface area contributed by atoms with E-state index < -0.39 is 16.5 Å². The van der Waals surface area contributed by atoms with Gasteiger partial charge in [-0.05, 0) is 128 Å². The molecule has 0 fully saturated rings. The predicted molar refractivity (Wildman–Crippen MR) is 235 cm³/mol. The topological polar surface area (TPSA) is 170 Å². The number of ketones is 1. The van der Waals surface area contributed by atoms with Crippen molar-refractivity contribution in [3.8, 4) is 22.8 Å². The van der Waals surface area contributed by atoms with Gasteiger partial charge in [0.1, 0.15) is 22.8 Å². The van der Waals surface area contributed by atoms with Crippen LogP contribution in [0.15, 0.2) is 81.5 Å². The summed E-state index contributed by atoms with van der Waals surface area (Å²) >= 11 is 6.39. The molecule has 320 valence electrons. The molecule has 0 unspecified atom stereocenters. The number of oxime groups is 2. The van der Waals surface area contributed by atoms with E-state index in [2.05, 4.69) is 45.0 Å². The number of nitrogens with zero attached hydrogens (tertiary/aromatic N) is 3. The normalized spacial score (nSPS) is 12.9. The van der Waals surface area contributed by atoms with Gasteiger partial charge >= 0.3 is 0 Å². The van der Waals surface area contributed by atoms with Crippen molar-refractivity contribution in [2.24, 2.45) is 15.7 Å². The standard InChI is InChI=1S/C45H61ClN6O7/c1-10-52(11-2)23-12-24-57-35-18-13-32(14-19-35)41(54)40-37-25-34(46)17-22-38(37)59-42(40)33-15-20-36(21-16-33)58-26-39(53)47-27-45(9,28-48-43(5,6)30(3)50-55)29-49-44(7,8)31(4)51-56/h13-22,25,48-49,55-56H,10-12,23-24,26-29H2,1-9H3,(H,47,53)/b50-30+,51-31+. The number of amides is 1. The lowest BCUT2D eigenvalue weighted by Gasteiger charge is -2.38. The molecule has 4 aromatic rings. The Labute approximate surface area is 353 Å². The molecule has 59 heavy (non-hydrogen) atoms. The fourth-order valence-corrected chi connectivity index (χ4v) is 6.31. The summed E-state index contributed by atoms with van der Waals surface area (Å²) in [6.07, 6.45) is 0.908. The number of halogens is 1. The van der Waals surface area contributed by atoms with Crippen molar-refractivity contribution >= 4 is 45.7 Å². The molecule has 0 bridgehead atoms. The molecule has 0 saturated heterocycles. The Morgan fingerprint density at radius 2 is 1.36 bits per heavy atom. The van der Waals surface area contributed by atoms with Gasteiger partial charge in [-0.3, -0.25) is 9.59 Å². The monoisotopic (exact) mass is 832 g/mol. The van der Waals surface area contributed by atoms with E-state index in [1.54, 1.807) is 68.4 Å². The van der Waals surface area contributed by atoms with E-state index in [0.717, 1.165) is 26.1 Å². The van der Waals surface area contributed by atoms with Gasteiger partial charge in [-0.15, -0.1) is 0 Å². The van der Waals surface area contributed by atoms with Crippen LogP contribution in [0, 0.1) is 5.41 Å². The van der Waals surface area contributed by atoms with Gasteiger partial charge in [0.2, 0.25) is 0 Å². The molecule has 1 heterocycles. The van der Waals surface area contributed by atoms with Gasteiger partial charge in [0.25, 0.3) is 5.91 Å². The number of nitrogens with one attached hydrogen (secondary N) is 3. The number of hydrogen-bond donors (Lipinski definition) is 5. The van der Waals surface area contributed by atoms with E-state index in [4.69, 9.17) is 25.5 Å². The summed E-state index contributed by atoms with van der Waals surface area (Å²) in [5.41, 5.74) is 1.33. The van der Waals surface area contributed by atoms with Crippen LogP contribution >= 0.6 is 11.6 Å². The lowest BCUT2D eigenvalue weighted by Crippen LogP contribution is -2.57. The maximum atomic E-state index is 14.1. The Morgan fingerprint density at radius 3 is 1.92 bits per heavy atom. The first kappa shape index (κ1) is 46.7. The van der Waals surface area contributed by atoms with Crippen molar-refractivity contribution in [2.45, 2.75) is 79.8 Å². The van der Waals surface area contributed by atoms with Crippen LogP contribution in [0.2, 0.25) is 5.02 Å². The highest BCUT2D eigenvalue weighted by Crippen LogP contribution is 2.37. The van der Waals surface area contributed by atoms with E-state index in [-0.39, 0.29) is 24.8 Å². The molecule has 14 heteroatoms. The summed E-state index contributed by atoms with van der Waals surface area (Å²) in [4.78, 5) is 29.6. The summed E-state index contributed by atoms with van der Waals surface area (Å²) in [6, 6.07) is 19.3. The molecular formula is C45H61ClN6O7. The number of furan rings is 1. The van der Waals surface area contributed by atoms with E-state index in [1.807, 2.05) is 46.8 Å². The highest BCUT2D eigenvalue weighted by atomic mass is 35.5. The van der Waals surface area contributed by atoms with E-state index in [9.17, 15) is 20.0 Å². The second kappa shape index (κ2) is 20.8. The van der Waals surface area contributed by atoms with Crippen LogP contribution in [-0.2, 0) is 4.79 Å². The van der Waals surface area contributed by atoms with Gasteiger partial charge in [-0.2, -0.15) is 0 Å². The summed E-state index contributed by atoms with van der Waals surface area (Å²) < 4.78 is 18.1. The average molecular weight is 833 g/mol. The van der Waals surface area contributed by atoms with Crippen molar-refractivity contribution in [1.29, 1.82) is 0 Å². The molecule has 0 spiro atoms. The maximum Gasteiger partial charge on any atom is 0.257 e. The van der Waals surface area contributed by atoms with Crippen molar-refractivity contribution in [3.05, 3.63) is 82.9 Å². The first-order chi connectivity index (χ1) is 28.0. The van der Waals surface area contributed by atoms with E-state index >= 15 is 0 Å². The number of benzene rings is 3. The molecule has 0 aliphatic heterocycles. The number of ether oxygens (including phenoxy) is 2. The molecule has 0 saturated carbocycles. The molecule has 5 N–H and O–H groups in total. The third-order valence-corrected chi connectivity index (χ3v) is 11.2. The number of hydrogen-bond acceptors (Lipinski definition) is 12. The van der Waals surface area contributed by atoms with Gasteiger partial charge in [0.15, 0.2) is 12.4 Å². The highest BCUT2D eigenvalue weighted by molar-refractivity contribution is 6.32. The second-order valence-corrected chi connectivity index (χ2v) is 16.7. The third kappa shape index (κ3) is 12.8. The first-order valence-electron chi connectivity index (χ1n) is 20.1. The fourth-order valence-electron chi connectivity index (χ4n) is 6.14. The molecule has 0 radical (unpaired) electrons. The number of rotatable bonds is 23. The smallest absolute Gasteiger partial charge is 0.257 e. The van der Waals surface area contributed by atoms with Gasteiger partial charge in [-0.1, -0.05) is 42.7 Å². The highest BCUT2D eigenvalue weighted by Gasteiger charge is 2.33. The van der Waals surface area contributed by atoms with Gasteiger partial charge in [0.05, 0.1) is 34.7 Å². The third-order valence-electron chi connectivity index (χ3n) is 11.0. The van der Waals surface area contributed by atoms with Crippen LogP contribution < -0.4 is 25.4 Å². The molecule has 1 aromatic heterocycles. The van der Waals surface area contributed by atoms with Crippen LogP contribution in [0.5, 0.6) is 11.5 Å².